The summed E-state index contributed by atoms with van der Waals surface area (Å²) in [6, 6.07) is 2.39. The lowest BCUT2D eigenvalue weighted by Crippen LogP contribution is -2.49. The van der Waals surface area contributed by atoms with Gasteiger partial charge in [0.1, 0.15) is 17.5 Å². The van der Waals surface area contributed by atoms with Crippen LogP contribution in [0, 0.1) is 5.41 Å². The van der Waals surface area contributed by atoms with Gasteiger partial charge in [-0.3, -0.25) is 4.79 Å². The Morgan fingerprint density at radius 1 is 1.21 bits per heavy atom. The molecule has 0 aliphatic heterocycles. The molecular weight excluding hydrogens is 250 g/mol. The Labute approximate surface area is 110 Å². The van der Waals surface area contributed by atoms with Crippen LogP contribution in [0.5, 0.6) is 11.5 Å². The molecule has 1 atom stereocenters. The van der Waals surface area contributed by atoms with E-state index in [-0.39, 0.29) is 11.3 Å². The second kappa shape index (κ2) is 5.17. The van der Waals surface area contributed by atoms with Crippen LogP contribution in [-0.2, 0) is 4.79 Å². The van der Waals surface area contributed by atoms with Crippen LogP contribution in [0.4, 0.5) is 0 Å². The van der Waals surface area contributed by atoms with Gasteiger partial charge in [-0.1, -0.05) is 20.8 Å². The van der Waals surface area contributed by atoms with Gasteiger partial charge in [0.15, 0.2) is 0 Å². The van der Waals surface area contributed by atoms with Gasteiger partial charge in [-0.25, -0.2) is 4.79 Å². The maximum absolute atomic E-state index is 11.9. The Hall–Kier alpha value is -2.24. The highest BCUT2D eigenvalue weighted by atomic mass is 16.4. The lowest BCUT2D eigenvalue weighted by atomic mass is 9.86. The summed E-state index contributed by atoms with van der Waals surface area (Å²) in [4.78, 5) is 23.1. The Bertz CT molecular complexity index is 504. The van der Waals surface area contributed by atoms with E-state index in [2.05, 4.69) is 5.32 Å². The fourth-order valence-electron chi connectivity index (χ4n) is 1.57. The summed E-state index contributed by atoms with van der Waals surface area (Å²) in [5.74, 6) is -2.45. The fraction of sp³-hybridized carbons (Fsp3) is 0.385. The highest BCUT2D eigenvalue weighted by Gasteiger charge is 2.33. The molecule has 6 heteroatoms. The van der Waals surface area contributed by atoms with E-state index in [9.17, 15) is 14.7 Å². The van der Waals surface area contributed by atoms with E-state index in [4.69, 9.17) is 10.2 Å². The maximum Gasteiger partial charge on any atom is 0.326 e. The number of phenolic OH excluding ortho intramolecular Hbond substituents is 2. The summed E-state index contributed by atoms with van der Waals surface area (Å²) in [6.07, 6.45) is 0. The molecule has 0 fully saturated rings. The van der Waals surface area contributed by atoms with Crippen LogP contribution in [0.2, 0.25) is 0 Å². The van der Waals surface area contributed by atoms with Crippen LogP contribution in [0.15, 0.2) is 18.2 Å². The molecule has 0 aliphatic carbocycles. The van der Waals surface area contributed by atoms with Gasteiger partial charge in [0, 0.05) is 6.07 Å². The van der Waals surface area contributed by atoms with Crippen molar-refractivity contribution in [3.05, 3.63) is 23.8 Å². The number of phenols is 2. The minimum Gasteiger partial charge on any atom is -0.508 e. The minimum absolute atomic E-state index is 0.0895. The third-order valence-electron chi connectivity index (χ3n) is 2.61. The van der Waals surface area contributed by atoms with Crippen LogP contribution in [0.3, 0.4) is 0 Å². The molecule has 0 aliphatic rings. The number of carboxylic acids is 1. The number of carboxylic acid groups (broad SMARTS) is 1. The second-order valence-corrected chi connectivity index (χ2v) is 5.31. The van der Waals surface area contributed by atoms with Crippen molar-refractivity contribution in [2.75, 3.05) is 0 Å². The first kappa shape index (κ1) is 14.8. The van der Waals surface area contributed by atoms with Crippen molar-refractivity contribution in [1.82, 2.24) is 5.32 Å². The standard InChI is InChI=1S/C13H17NO5/c1-13(2,3)10(12(18)19)14-11(17)8-5-4-7(15)6-9(8)16/h4-6,10,15-16H,1-3H3,(H,14,17)(H,18,19)/t10-/m1/s1. The minimum atomic E-state index is -1.15. The normalized spacial score (nSPS) is 12.8. The fourth-order valence-corrected chi connectivity index (χ4v) is 1.57. The molecule has 1 rings (SSSR count). The Balaban J connectivity index is 2.98. The first-order chi connectivity index (χ1) is 8.62. The summed E-state index contributed by atoms with van der Waals surface area (Å²) in [7, 11) is 0. The molecular formula is C13H17NO5. The molecule has 0 unspecified atom stereocenters. The van der Waals surface area contributed by atoms with Crippen LogP contribution < -0.4 is 5.32 Å². The number of benzene rings is 1. The van der Waals surface area contributed by atoms with Gasteiger partial charge >= 0.3 is 5.97 Å². The molecule has 0 saturated heterocycles. The summed E-state index contributed by atoms with van der Waals surface area (Å²) in [6.45, 7) is 5.05. The van der Waals surface area contributed by atoms with Gasteiger partial charge in [0.25, 0.3) is 5.91 Å². The van der Waals surface area contributed by atoms with Crippen molar-refractivity contribution >= 4 is 11.9 Å². The number of carbonyl (C=O) groups is 2. The molecule has 0 radical (unpaired) electrons. The predicted octanol–water partition coefficient (Wildman–Crippen LogP) is 1.33. The smallest absolute Gasteiger partial charge is 0.326 e. The summed E-state index contributed by atoms with van der Waals surface area (Å²) < 4.78 is 0. The number of nitrogens with one attached hydrogen (secondary N) is 1. The number of rotatable bonds is 3. The van der Waals surface area contributed by atoms with Gasteiger partial charge in [-0.2, -0.15) is 0 Å². The Morgan fingerprint density at radius 3 is 2.21 bits per heavy atom. The highest BCUT2D eigenvalue weighted by Crippen LogP contribution is 2.24. The molecule has 1 aromatic carbocycles. The molecule has 0 saturated carbocycles. The quantitative estimate of drug-likeness (QED) is 0.661. The number of hydrogen-bond acceptors (Lipinski definition) is 4. The lowest BCUT2D eigenvalue weighted by molar-refractivity contribution is -0.142. The van der Waals surface area contributed by atoms with E-state index < -0.39 is 29.1 Å². The zero-order chi connectivity index (χ0) is 14.8. The largest absolute Gasteiger partial charge is 0.508 e. The highest BCUT2D eigenvalue weighted by molar-refractivity contribution is 5.99. The van der Waals surface area contributed by atoms with E-state index in [0.717, 1.165) is 6.07 Å². The van der Waals surface area contributed by atoms with Gasteiger partial charge < -0.3 is 20.6 Å². The molecule has 1 aromatic rings. The molecule has 19 heavy (non-hydrogen) atoms. The summed E-state index contributed by atoms with van der Waals surface area (Å²) in [5.41, 5.74) is -0.762. The molecule has 0 spiro atoms. The number of hydrogen-bond donors (Lipinski definition) is 4. The van der Waals surface area contributed by atoms with Crippen molar-refractivity contribution in [1.29, 1.82) is 0 Å². The Morgan fingerprint density at radius 2 is 1.79 bits per heavy atom. The SMILES string of the molecule is CC(C)(C)[C@H](NC(=O)c1ccc(O)cc1O)C(=O)O. The predicted molar refractivity (Wildman–Crippen MR) is 68.1 cm³/mol. The number of amides is 1. The number of aliphatic carboxylic acids is 1. The Kier molecular flexibility index (Phi) is 4.04. The summed E-state index contributed by atoms with van der Waals surface area (Å²) in [5, 5.41) is 30.1. The average Bonchev–Trinajstić information content (AvgIpc) is 2.23. The van der Waals surface area contributed by atoms with Gasteiger partial charge in [0.05, 0.1) is 5.56 Å². The van der Waals surface area contributed by atoms with E-state index in [1.165, 1.54) is 12.1 Å². The monoisotopic (exact) mass is 267 g/mol. The molecule has 4 N–H and O–H groups in total. The average molecular weight is 267 g/mol. The van der Waals surface area contributed by atoms with Crippen molar-refractivity contribution in [2.24, 2.45) is 5.41 Å². The van der Waals surface area contributed by atoms with Crippen molar-refractivity contribution < 1.29 is 24.9 Å². The first-order valence-electron chi connectivity index (χ1n) is 5.68. The number of carbonyl (C=O) groups excluding carboxylic acids is 1. The summed E-state index contributed by atoms with van der Waals surface area (Å²) >= 11 is 0. The van der Waals surface area contributed by atoms with Crippen molar-refractivity contribution in [2.45, 2.75) is 26.8 Å². The van der Waals surface area contributed by atoms with Crippen molar-refractivity contribution in [3.63, 3.8) is 0 Å². The van der Waals surface area contributed by atoms with E-state index in [0.29, 0.717) is 0 Å². The second-order valence-electron chi connectivity index (χ2n) is 5.31. The van der Waals surface area contributed by atoms with E-state index >= 15 is 0 Å². The van der Waals surface area contributed by atoms with Crippen LogP contribution in [-0.4, -0.2) is 33.2 Å². The third kappa shape index (κ3) is 3.61. The topological polar surface area (TPSA) is 107 Å². The number of aromatic hydroxyl groups is 2. The van der Waals surface area contributed by atoms with Crippen LogP contribution in [0.25, 0.3) is 0 Å². The van der Waals surface area contributed by atoms with Crippen molar-refractivity contribution in [3.8, 4) is 11.5 Å². The molecule has 0 aromatic heterocycles. The molecule has 0 bridgehead atoms. The zero-order valence-electron chi connectivity index (χ0n) is 11.0. The van der Waals surface area contributed by atoms with Gasteiger partial charge in [-0.15, -0.1) is 0 Å². The van der Waals surface area contributed by atoms with Gasteiger partial charge in [-0.05, 0) is 17.5 Å². The van der Waals surface area contributed by atoms with Gasteiger partial charge in [0.2, 0.25) is 0 Å². The first-order valence-corrected chi connectivity index (χ1v) is 5.68. The molecule has 1 amide bonds. The lowest BCUT2D eigenvalue weighted by Gasteiger charge is -2.27. The van der Waals surface area contributed by atoms with E-state index in [1.807, 2.05) is 0 Å². The molecule has 6 nitrogen and oxygen atoms in total. The zero-order valence-corrected chi connectivity index (χ0v) is 11.0. The third-order valence-corrected chi connectivity index (χ3v) is 2.61. The molecule has 0 heterocycles. The molecule has 104 valence electrons. The van der Waals surface area contributed by atoms with Crippen LogP contribution >= 0.6 is 0 Å². The van der Waals surface area contributed by atoms with E-state index in [1.54, 1.807) is 20.8 Å². The van der Waals surface area contributed by atoms with Crippen LogP contribution in [0.1, 0.15) is 31.1 Å². The maximum atomic E-state index is 11.9.